The molecule has 98 valence electrons. The summed E-state index contributed by atoms with van der Waals surface area (Å²) in [5.41, 5.74) is 6.50. The van der Waals surface area contributed by atoms with Crippen LogP contribution in [-0.4, -0.2) is 54.6 Å². The molecule has 1 saturated heterocycles. The lowest BCUT2D eigenvalue weighted by molar-refractivity contribution is 0.0160. The molecule has 1 heterocycles. The fourth-order valence-electron chi connectivity index (χ4n) is 3.55. The largest absolute Gasteiger partial charge is 0.329 e. The standard InChI is InChI=1S/C14H27N3/c1-16-8-2-7-14(10-15,11-16)17(13-5-6-13)9-12-3-4-12/h12-13H,2-11,15H2,1H3. The van der Waals surface area contributed by atoms with Gasteiger partial charge < -0.3 is 10.6 Å². The maximum atomic E-state index is 6.19. The number of nitrogens with two attached hydrogens (primary N) is 1. The van der Waals surface area contributed by atoms with Gasteiger partial charge in [0.1, 0.15) is 0 Å². The molecule has 3 rings (SSSR count). The Morgan fingerprint density at radius 1 is 1.29 bits per heavy atom. The summed E-state index contributed by atoms with van der Waals surface area (Å²) in [5, 5.41) is 0. The highest BCUT2D eigenvalue weighted by Gasteiger charge is 2.46. The Bertz CT molecular complexity index is 273. The summed E-state index contributed by atoms with van der Waals surface area (Å²) in [5.74, 6) is 0.992. The van der Waals surface area contributed by atoms with E-state index in [0.29, 0.717) is 5.54 Å². The Hall–Kier alpha value is -0.120. The Kier molecular flexibility index (Phi) is 3.18. The summed E-state index contributed by atoms with van der Waals surface area (Å²) in [7, 11) is 2.26. The number of hydrogen-bond donors (Lipinski definition) is 1. The van der Waals surface area contributed by atoms with Gasteiger partial charge >= 0.3 is 0 Å². The van der Waals surface area contributed by atoms with E-state index in [1.165, 1.54) is 58.2 Å². The molecule has 2 aliphatic carbocycles. The molecule has 1 aliphatic heterocycles. The molecule has 0 aromatic heterocycles. The van der Waals surface area contributed by atoms with Gasteiger partial charge in [-0.05, 0) is 58.0 Å². The minimum absolute atomic E-state index is 0.302. The first-order valence-electron chi connectivity index (χ1n) is 7.39. The van der Waals surface area contributed by atoms with Crippen molar-refractivity contribution in [2.24, 2.45) is 11.7 Å². The van der Waals surface area contributed by atoms with Crippen LogP contribution in [-0.2, 0) is 0 Å². The van der Waals surface area contributed by atoms with Crippen molar-refractivity contribution in [3.05, 3.63) is 0 Å². The topological polar surface area (TPSA) is 32.5 Å². The monoisotopic (exact) mass is 237 g/mol. The van der Waals surface area contributed by atoms with Gasteiger partial charge in [-0.3, -0.25) is 4.90 Å². The van der Waals surface area contributed by atoms with Crippen molar-refractivity contribution < 1.29 is 0 Å². The molecule has 1 unspecified atom stereocenters. The maximum absolute atomic E-state index is 6.19. The molecular formula is C14H27N3. The molecule has 0 amide bonds. The summed E-state index contributed by atoms with van der Waals surface area (Å²) in [6, 6.07) is 0.866. The molecule has 3 nitrogen and oxygen atoms in total. The molecule has 0 aromatic carbocycles. The van der Waals surface area contributed by atoms with Crippen molar-refractivity contribution in [3.63, 3.8) is 0 Å². The van der Waals surface area contributed by atoms with Crippen LogP contribution in [0.5, 0.6) is 0 Å². The molecule has 0 bridgehead atoms. The zero-order valence-corrected chi connectivity index (χ0v) is 11.2. The van der Waals surface area contributed by atoms with Crippen LogP contribution in [0.1, 0.15) is 38.5 Å². The van der Waals surface area contributed by atoms with Gasteiger partial charge in [0, 0.05) is 31.2 Å². The van der Waals surface area contributed by atoms with Crippen molar-refractivity contribution in [1.29, 1.82) is 0 Å². The first-order valence-corrected chi connectivity index (χ1v) is 7.39. The molecule has 0 aromatic rings. The minimum atomic E-state index is 0.302. The Labute approximate surface area is 105 Å². The molecule has 2 saturated carbocycles. The van der Waals surface area contributed by atoms with E-state index in [9.17, 15) is 0 Å². The van der Waals surface area contributed by atoms with E-state index in [4.69, 9.17) is 5.73 Å². The molecule has 3 fully saturated rings. The summed E-state index contributed by atoms with van der Waals surface area (Å²) < 4.78 is 0. The molecule has 2 N–H and O–H groups in total. The van der Waals surface area contributed by atoms with Crippen molar-refractivity contribution in [1.82, 2.24) is 9.80 Å². The normalized spacial score (nSPS) is 35.5. The fourth-order valence-corrected chi connectivity index (χ4v) is 3.55. The van der Waals surface area contributed by atoms with Crippen molar-refractivity contribution in [2.75, 3.05) is 33.2 Å². The molecule has 3 aliphatic rings. The SMILES string of the molecule is CN1CCCC(CN)(N(CC2CC2)C2CC2)C1. The maximum Gasteiger partial charge on any atom is 0.0461 e. The van der Waals surface area contributed by atoms with Gasteiger partial charge in [-0.2, -0.15) is 0 Å². The lowest BCUT2D eigenvalue weighted by Gasteiger charge is -2.49. The highest BCUT2D eigenvalue weighted by molar-refractivity contribution is 5.03. The summed E-state index contributed by atoms with van der Waals surface area (Å²) in [6.07, 6.45) is 8.38. The number of hydrogen-bond acceptors (Lipinski definition) is 3. The van der Waals surface area contributed by atoms with Gasteiger partial charge in [0.25, 0.3) is 0 Å². The van der Waals surface area contributed by atoms with E-state index in [1.54, 1.807) is 0 Å². The van der Waals surface area contributed by atoms with Gasteiger partial charge in [0.2, 0.25) is 0 Å². The van der Waals surface area contributed by atoms with Crippen LogP contribution in [0.25, 0.3) is 0 Å². The predicted octanol–water partition coefficient (Wildman–Crippen LogP) is 1.28. The molecule has 1 atom stereocenters. The van der Waals surface area contributed by atoms with E-state index in [1.807, 2.05) is 0 Å². The average Bonchev–Trinajstić information content (AvgIpc) is 3.17. The van der Waals surface area contributed by atoms with Crippen molar-refractivity contribution in [2.45, 2.75) is 50.1 Å². The summed E-state index contributed by atoms with van der Waals surface area (Å²) in [6.45, 7) is 4.62. The van der Waals surface area contributed by atoms with E-state index in [2.05, 4.69) is 16.8 Å². The van der Waals surface area contributed by atoms with Crippen LogP contribution in [0.4, 0.5) is 0 Å². The number of likely N-dealkylation sites (tertiary alicyclic amines) is 1. The Morgan fingerprint density at radius 2 is 2.06 bits per heavy atom. The van der Waals surface area contributed by atoms with E-state index in [0.717, 1.165) is 18.5 Å². The highest BCUT2D eigenvalue weighted by Crippen LogP contribution is 2.41. The van der Waals surface area contributed by atoms with E-state index >= 15 is 0 Å². The number of rotatable bonds is 5. The predicted molar refractivity (Wildman–Crippen MR) is 71.0 cm³/mol. The first kappa shape index (κ1) is 11.9. The van der Waals surface area contributed by atoms with Crippen LogP contribution in [0.15, 0.2) is 0 Å². The van der Waals surface area contributed by atoms with Crippen molar-refractivity contribution in [3.8, 4) is 0 Å². The molecule has 17 heavy (non-hydrogen) atoms. The summed E-state index contributed by atoms with van der Waals surface area (Å²) >= 11 is 0. The quantitative estimate of drug-likeness (QED) is 0.782. The van der Waals surface area contributed by atoms with Gasteiger partial charge in [-0.1, -0.05) is 0 Å². The second-order valence-electron chi connectivity index (χ2n) is 6.60. The first-order chi connectivity index (χ1) is 8.23. The lowest BCUT2D eigenvalue weighted by Crippen LogP contribution is -2.63. The average molecular weight is 237 g/mol. The third kappa shape index (κ3) is 2.51. The zero-order chi connectivity index (χ0) is 11.9. The molecular weight excluding hydrogens is 210 g/mol. The smallest absolute Gasteiger partial charge is 0.0461 e. The van der Waals surface area contributed by atoms with Crippen LogP contribution in [0, 0.1) is 5.92 Å². The zero-order valence-electron chi connectivity index (χ0n) is 11.2. The highest BCUT2D eigenvalue weighted by atomic mass is 15.3. The van der Waals surface area contributed by atoms with Gasteiger partial charge in [-0.15, -0.1) is 0 Å². The van der Waals surface area contributed by atoms with Crippen molar-refractivity contribution >= 4 is 0 Å². The molecule has 0 spiro atoms. The second-order valence-corrected chi connectivity index (χ2v) is 6.60. The van der Waals surface area contributed by atoms with E-state index in [-0.39, 0.29) is 0 Å². The number of likely N-dealkylation sites (N-methyl/N-ethyl adjacent to an activating group) is 1. The van der Waals surface area contributed by atoms with Crippen LogP contribution < -0.4 is 5.73 Å². The van der Waals surface area contributed by atoms with Gasteiger partial charge in [-0.25, -0.2) is 0 Å². The van der Waals surface area contributed by atoms with Crippen LogP contribution >= 0.6 is 0 Å². The summed E-state index contributed by atoms with van der Waals surface area (Å²) in [4.78, 5) is 5.30. The van der Waals surface area contributed by atoms with E-state index < -0.39 is 0 Å². The van der Waals surface area contributed by atoms with Gasteiger partial charge in [0.05, 0.1) is 0 Å². The third-order valence-electron chi connectivity index (χ3n) is 4.87. The Balaban J connectivity index is 1.74. The van der Waals surface area contributed by atoms with Crippen LogP contribution in [0.3, 0.4) is 0 Å². The second kappa shape index (κ2) is 4.52. The Morgan fingerprint density at radius 3 is 2.59 bits per heavy atom. The number of nitrogens with zero attached hydrogens (tertiary/aromatic N) is 2. The molecule has 3 heteroatoms. The minimum Gasteiger partial charge on any atom is -0.329 e. The van der Waals surface area contributed by atoms with Gasteiger partial charge in [0.15, 0.2) is 0 Å². The van der Waals surface area contributed by atoms with Crippen LogP contribution in [0.2, 0.25) is 0 Å². The third-order valence-corrected chi connectivity index (χ3v) is 4.87. The lowest BCUT2D eigenvalue weighted by atomic mass is 9.86. The molecule has 0 radical (unpaired) electrons. The number of piperidine rings is 1. The fraction of sp³-hybridized carbons (Fsp3) is 1.00.